The second-order valence-corrected chi connectivity index (χ2v) is 6.59. The number of carbonyl (C=O) groups excluding carboxylic acids is 1. The number of nitrogens with zero attached hydrogens (tertiary/aromatic N) is 1. The summed E-state index contributed by atoms with van der Waals surface area (Å²) in [5, 5.41) is 0. The summed E-state index contributed by atoms with van der Waals surface area (Å²) in [5.74, 6) is 1.13. The molecule has 0 N–H and O–H groups in total. The monoisotopic (exact) mass is 451 g/mol. The van der Waals surface area contributed by atoms with Crippen LogP contribution in [0.1, 0.15) is 16.8 Å². The van der Waals surface area contributed by atoms with E-state index in [2.05, 4.69) is 31.9 Å². The molecule has 1 heterocycles. The fraction of sp³-hybridized carbons (Fsp3) is 0.533. The van der Waals surface area contributed by atoms with E-state index >= 15 is 0 Å². The van der Waals surface area contributed by atoms with Crippen LogP contribution in [0, 0.1) is 0 Å². The molecule has 0 radical (unpaired) electrons. The number of rotatable bonds is 5. The van der Waals surface area contributed by atoms with Crippen LogP contribution >= 0.6 is 31.9 Å². The van der Waals surface area contributed by atoms with E-state index in [4.69, 9.17) is 18.9 Å². The van der Waals surface area contributed by atoms with E-state index in [1.165, 1.54) is 21.3 Å². The highest BCUT2D eigenvalue weighted by Gasteiger charge is 2.33. The van der Waals surface area contributed by atoms with Crippen LogP contribution in [0.5, 0.6) is 17.2 Å². The van der Waals surface area contributed by atoms with Gasteiger partial charge in [-0.2, -0.15) is 0 Å². The standard InChI is InChI=1S/C15H19Br2NO5/c1-20-8-5-6-18(7-8)15(19)9-10(16)12(21-2)14(23-4)13(22-3)11(9)17/h8H,5-7H2,1-4H3. The van der Waals surface area contributed by atoms with Gasteiger partial charge in [0.2, 0.25) is 5.75 Å². The van der Waals surface area contributed by atoms with E-state index < -0.39 is 0 Å². The molecular weight excluding hydrogens is 434 g/mol. The van der Waals surface area contributed by atoms with Crippen LogP contribution in [0.25, 0.3) is 0 Å². The summed E-state index contributed by atoms with van der Waals surface area (Å²) < 4.78 is 22.5. The Kier molecular flexibility index (Phi) is 6.16. The van der Waals surface area contributed by atoms with Gasteiger partial charge in [0.15, 0.2) is 11.5 Å². The third kappa shape index (κ3) is 3.29. The molecule has 1 unspecified atom stereocenters. The van der Waals surface area contributed by atoms with Crippen molar-refractivity contribution >= 4 is 37.8 Å². The van der Waals surface area contributed by atoms with Crippen LogP contribution in [-0.2, 0) is 4.74 Å². The molecule has 1 aromatic carbocycles. The van der Waals surface area contributed by atoms with Gasteiger partial charge in [0, 0.05) is 20.2 Å². The van der Waals surface area contributed by atoms with Gasteiger partial charge >= 0.3 is 0 Å². The van der Waals surface area contributed by atoms with Gasteiger partial charge < -0.3 is 23.8 Å². The second kappa shape index (κ2) is 7.72. The van der Waals surface area contributed by atoms with E-state index in [0.29, 0.717) is 44.8 Å². The predicted molar refractivity (Wildman–Crippen MR) is 92.8 cm³/mol. The first-order valence-corrected chi connectivity index (χ1v) is 8.57. The lowest BCUT2D eigenvalue weighted by molar-refractivity contribution is 0.0721. The zero-order valence-corrected chi connectivity index (χ0v) is 16.6. The number of hydrogen-bond donors (Lipinski definition) is 0. The number of carbonyl (C=O) groups is 1. The molecule has 1 saturated heterocycles. The van der Waals surface area contributed by atoms with E-state index in [1.54, 1.807) is 12.0 Å². The highest BCUT2D eigenvalue weighted by Crippen LogP contribution is 2.50. The minimum Gasteiger partial charge on any atom is -0.492 e. The number of likely N-dealkylation sites (tertiary alicyclic amines) is 1. The van der Waals surface area contributed by atoms with E-state index in [1.807, 2.05) is 0 Å². The summed E-state index contributed by atoms with van der Waals surface area (Å²) in [7, 11) is 6.20. The number of amides is 1. The molecule has 0 bridgehead atoms. The van der Waals surface area contributed by atoms with Crippen molar-refractivity contribution in [3.63, 3.8) is 0 Å². The minimum atomic E-state index is -0.123. The third-order valence-electron chi connectivity index (χ3n) is 3.84. The molecule has 1 amide bonds. The molecule has 0 spiro atoms. The van der Waals surface area contributed by atoms with Crippen molar-refractivity contribution < 1.29 is 23.7 Å². The van der Waals surface area contributed by atoms with Crippen molar-refractivity contribution in [1.82, 2.24) is 4.90 Å². The summed E-state index contributed by atoms with van der Waals surface area (Å²) in [6.07, 6.45) is 0.889. The molecule has 0 aromatic heterocycles. The van der Waals surface area contributed by atoms with Gasteiger partial charge in [-0.1, -0.05) is 0 Å². The molecule has 6 nitrogen and oxygen atoms in total. The van der Waals surface area contributed by atoms with Crippen LogP contribution in [-0.4, -0.2) is 58.4 Å². The van der Waals surface area contributed by atoms with Crippen molar-refractivity contribution in [2.45, 2.75) is 12.5 Å². The maximum absolute atomic E-state index is 12.9. The number of methoxy groups -OCH3 is 4. The molecule has 1 fully saturated rings. The van der Waals surface area contributed by atoms with Gasteiger partial charge in [-0.3, -0.25) is 4.79 Å². The van der Waals surface area contributed by atoms with Crippen LogP contribution < -0.4 is 14.2 Å². The van der Waals surface area contributed by atoms with Crippen molar-refractivity contribution in [2.75, 3.05) is 41.5 Å². The molecule has 1 aliphatic rings. The lowest BCUT2D eigenvalue weighted by Crippen LogP contribution is -2.30. The maximum Gasteiger partial charge on any atom is 0.256 e. The zero-order valence-electron chi connectivity index (χ0n) is 13.4. The number of ether oxygens (including phenoxy) is 4. The fourth-order valence-corrected chi connectivity index (χ4v) is 4.31. The molecule has 0 aliphatic carbocycles. The number of benzene rings is 1. The van der Waals surface area contributed by atoms with Crippen LogP contribution in [0.4, 0.5) is 0 Å². The quantitative estimate of drug-likeness (QED) is 0.687. The van der Waals surface area contributed by atoms with Gasteiger partial charge in [0.25, 0.3) is 5.91 Å². The van der Waals surface area contributed by atoms with Gasteiger partial charge in [0.1, 0.15) is 0 Å². The normalized spacial score (nSPS) is 17.3. The van der Waals surface area contributed by atoms with Gasteiger partial charge in [-0.15, -0.1) is 0 Å². The Morgan fingerprint density at radius 1 is 1.00 bits per heavy atom. The summed E-state index contributed by atoms with van der Waals surface area (Å²) in [6, 6.07) is 0. The fourth-order valence-electron chi connectivity index (χ4n) is 2.63. The Hall–Kier alpha value is -0.990. The smallest absolute Gasteiger partial charge is 0.256 e. The average molecular weight is 453 g/mol. The van der Waals surface area contributed by atoms with E-state index in [9.17, 15) is 4.79 Å². The minimum absolute atomic E-state index is 0.0681. The summed E-state index contributed by atoms with van der Waals surface area (Å²) in [4.78, 5) is 14.7. The predicted octanol–water partition coefficient (Wildman–Crippen LogP) is 3.10. The first kappa shape index (κ1) is 18.4. The summed E-state index contributed by atoms with van der Waals surface area (Å²) in [5.41, 5.74) is 0.441. The van der Waals surface area contributed by atoms with Crippen molar-refractivity contribution in [3.05, 3.63) is 14.5 Å². The lowest BCUT2D eigenvalue weighted by Gasteiger charge is -2.22. The van der Waals surface area contributed by atoms with Crippen LogP contribution in [0.2, 0.25) is 0 Å². The molecule has 0 saturated carbocycles. The second-order valence-electron chi connectivity index (χ2n) is 5.00. The van der Waals surface area contributed by atoms with Gasteiger partial charge in [0.05, 0.1) is 41.9 Å². The average Bonchev–Trinajstić information content (AvgIpc) is 3.03. The Morgan fingerprint density at radius 2 is 1.52 bits per heavy atom. The van der Waals surface area contributed by atoms with Crippen LogP contribution in [0.3, 0.4) is 0 Å². The topological polar surface area (TPSA) is 57.2 Å². The Labute approximate surface area is 152 Å². The Bertz CT molecular complexity index is 577. The summed E-state index contributed by atoms with van der Waals surface area (Å²) in [6.45, 7) is 1.21. The van der Waals surface area contributed by atoms with Gasteiger partial charge in [-0.05, 0) is 38.3 Å². The van der Waals surface area contributed by atoms with E-state index in [-0.39, 0.29) is 12.0 Å². The molecule has 23 heavy (non-hydrogen) atoms. The van der Waals surface area contributed by atoms with Crippen molar-refractivity contribution in [1.29, 1.82) is 0 Å². The van der Waals surface area contributed by atoms with Crippen molar-refractivity contribution in [3.8, 4) is 17.2 Å². The number of hydrogen-bond acceptors (Lipinski definition) is 5. The molecule has 1 aliphatic heterocycles. The Balaban J connectivity index is 2.52. The lowest BCUT2D eigenvalue weighted by atomic mass is 10.1. The molecule has 128 valence electrons. The Morgan fingerprint density at radius 3 is 1.91 bits per heavy atom. The maximum atomic E-state index is 12.9. The van der Waals surface area contributed by atoms with Gasteiger partial charge in [-0.25, -0.2) is 0 Å². The van der Waals surface area contributed by atoms with Crippen LogP contribution in [0.15, 0.2) is 8.95 Å². The third-order valence-corrected chi connectivity index (χ3v) is 5.36. The molecule has 2 rings (SSSR count). The molecule has 1 aromatic rings. The summed E-state index contributed by atoms with van der Waals surface area (Å²) >= 11 is 6.92. The zero-order chi connectivity index (χ0) is 17.1. The van der Waals surface area contributed by atoms with E-state index in [0.717, 1.165) is 6.42 Å². The number of halogens is 2. The molecular formula is C15H19Br2NO5. The first-order chi connectivity index (χ1) is 11.0. The highest BCUT2D eigenvalue weighted by atomic mass is 79.9. The molecule has 8 heteroatoms. The highest BCUT2D eigenvalue weighted by molar-refractivity contribution is 9.11. The SMILES string of the molecule is COc1c(Br)c(C(=O)N2CCC(OC)C2)c(Br)c(OC)c1OC. The molecule has 1 atom stereocenters. The van der Waals surface area contributed by atoms with Crippen molar-refractivity contribution in [2.24, 2.45) is 0 Å². The largest absolute Gasteiger partial charge is 0.492 e. The first-order valence-electron chi connectivity index (χ1n) is 6.99.